The van der Waals surface area contributed by atoms with E-state index in [4.69, 9.17) is 9.47 Å². The van der Waals surface area contributed by atoms with Crippen molar-refractivity contribution in [2.24, 2.45) is 0 Å². The van der Waals surface area contributed by atoms with Gasteiger partial charge < -0.3 is 14.6 Å². The molecule has 0 bridgehead atoms. The summed E-state index contributed by atoms with van der Waals surface area (Å²) in [5.74, 6) is -0.617. The van der Waals surface area contributed by atoms with Crippen LogP contribution in [0.3, 0.4) is 0 Å². The molecule has 1 heterocycles. The van der Waals surface area contributed by atoms with Crippen LogP contribution < -0.4 is 0 Å². The quantitative estimate of drug-likeness (QED) is 0.806. The topological polar surface area (TPSA) is 38.7 Å². The summed E-state index contributed by atoms with van der Waals surface area (Å²) in [7, 11) is 0. The molecule has 82 valence electrons. The Hall–Kier alpha value is -0.900. The average molecular weight is 208 g/mol. The van der Waals surface area contributed by atoms with E-state index >= 15 is 0 Å². The van der Waals surface area contributed by atoms with Crippen molar-refractivity contribution in [1.29, 1.82) is 0 Å². The van der Waals surface area contributed by atoms with Gasteiger partial charge in [0.1, 0.15) is 12.2 Å². The van der Waals surface area contributed by atoms with E-state index in [9.17, 15) is 5.11 Å². The molecule has 1 aliphatic rings. The van der Waals surface area contributed by atoms with Crippen molar-refractivity contribution in [1.82, 2.24) is 0 Å². The van der Waals surface area contributed by atoms with Crippen LogP contribution >= 0.6 is 0 Å². The van der Waals surface area contributed by atoms with Crippen LogP contribution in [0.1, 0.15) is 25.5 Å². The molecule has 1 aromatic rings. The third-order valence-electron chi connectivity index (χ3n) is 2.49. The minimum atomic E-state index is -0.617. The van der Waals surface area contributed by atoms with E-state index in [0.717, 1.165) is 5.56 Å². The van der Waals surface area contributed by atoms with Gasteiger partial charge in [-0.25, -0.2) is 0 Å². The zero-order valence-corrected chi connectivity index (χ0v) is 9.01. The smallest absolute Gasteiger partial charge is 0.164 e. The zero-order valence-electron chi connectivity index (χ0n) is 9.01. The molecule has 3 heteroatoms. The number of ether oxygens (including phenoxy) is 2. The summed E-state index contributed by atoms with van der Waals surface area (Å²) in [4.78, 5) is 0. The van der Waals surface area contributed by atoms with E-state index in [1.165, 1.54) is 0 Å². The molecular formula is C12H16O3. The third-order valence-corrected chi connectivity index (χ3v) is 2.49. The lowest BCUT2D eigenvalue weighted by atomic mass is 10.1. The summed E-state index contributed by atoms with van der Waals surface area (Å²) in [5, 5.41) is 9.22. The van der Waals surface area contributed by atoms with Crippen LogP contribution in [0.5, 0.6) is 0 Å². The fourth-order valence-corrected chi connectivity index (χ4v) is 1.89. The summed E-state index contributed by atoms with van der Waals surface area (Å²) in [6.45, 7) is 3.69. The number of hydrogen-bond donors (Lipinski definition) is 1. The van der Waals surface area contributed by atoms with Gasteiger partial charge in [0, 0.05) is 0 Å². The Bertz CT molecular complexity index is 321. The van der Waals surface area contributed by atoms with Crippen LogP contribution in [0.25, 0.3) is 0 Å². The van der Waals surface area contributed by atoms with Crippen molar-refractivity contribution >= 4 is 0 Å². The van der Waals surface area contributed by atoms with Gasteiger partial charge in [0.25, 0.3) is 0 Å². The van der Waals surface area contributed by atoms with Gasteiger partial charge in [-0.2, -0.15) is 0 Å². The van der Waals surface area contributed by atoms with Gasteiger partial charge >= 0.3 is 0 Å². The molecule has 0 amide bonds. The molecule has 1 fully saturated rings. The monoisotopic (exact) mass is 208 g/mol. The Morgan fingerprint density at radius 3 is 2.47 bits per heavy atom. The Kier molecular flexibility index (Phi) is 2.78. The lowest BCUT2D eigenvalue weighted by Gasteiger charge is -2.16. The first-order valence-electron chi connectivity index (χ1n) is 5.14. The molecule has 1 N–H and O–H groups in total. The first-order valence-corrected chi connectivity index (χ1v) is 5.14. The fraction of sp³-hybridized carbons (Fsp3) is 0.500. The summed E-state index contributed by atoms with van der Waals surface area (Å²) in [5.41, 5.74) is 1.04. The second kappa shape index (κ2) is 3.93. The van der Waals surface area contributed by atoms with E-state index < -0.39 is 5.79 Å². The predicted octanol–water partition coefficient (Wildman–Crippen LogP) is 1.87. The van der Waals surface area contributed by atoms with Crippen LogP contribution in [0, 0.1) is 0 Å². The van der Waals surface area contributed by atoms with E-state index in [0.29, 0.717) is 0 Å². The number of aliphatic hydroxyl groups is 1. The average Bonchev–Trinajstić information content (AvgIpc) is 2.55. The molecule has 0 spiro atoms. The summed E-state index contributed by atoms with van der Waals surface area (Å²) in [6, 6.07) is 9.84. The Morgan fingerprint density at radius 2 is 1.87 bits per heavy atom. The molecule has 0 aliphatic carbocycles. The normalized spacial score (nSPS) is 29.3. The summed E-state index contributed by atoms with van der Waals surface area (Å²) >= 11 is 0. The number of hydrogen-bond acceptors (Lipinski definition) is 3. The second-order valence-corrected chi connectivity index (χ2v) is 4.19. The van der Waals surface area contributed by atoms with Crippen molar-refractivity contribution in [2.75, 3.05) is 6.61 Å². The highest BCUT2D eigenvalue weighted by Gasteiger charge is 2.41. The highest BCUT2D eigenvalue weighted by Crippen LogP contribution is 2.37. The first-order chi connectivity index (χ1) is 7.12. The van der Waals surface area contributed by atoms with Crippen molar-refractivity contribution in [3.63, 3.8) is 0 Å². The minimum Gasteiger partial charge on any atom is -0.394 e. The molecule has 1 unspecified atom stereocenters. The van der Waals surface area contributed by atoms with E-state index in [1.54, 1.807) is 0 Å². The third kappa shape index (κ3) is 2.20. The summed E-state index contributed by atoms with van der Waals surface area (Å²) in [6.07, 6.45) is -0.450. The Morgan fingerprint density at radius 1 is 1.20 bits per heavy atom. The van der Waals surface area contributed by atoms with Gasteiger partial charge in [-0.1, -0.05) is 30.3 Å². The summed E-state index contributed by atoms with van der Waals surface area (Å²) < 4.78 is 11.3. The van der Waals surface area contributed by atoms with Crippen molar-refractivity contribution in [3.05, 3.63) is 35.9 Å². The SMILES string of the molecule is CC1(C)OC(CO)[C@@H](c2ccccc2)O1. The van der Waals surface area contributed by atoms with E-state index in [-0.39, 0.29) is 18.8 Å². The Labute approximate surface area is 89.6 Å². The maximum atomic E-state index is 9.22. The highest BCUT2D eigenvalue weighted by atomic mass is 16.8. The molecule has 0 saturated carbocycles. The molecule has 0 aromatic heterocycles. The predicted molar refractivity (Wildman–Crippen MR) is 56.3 cm³/mol. The van der Waals surface area contributed by atoms with Crippen molar-refractivity contribution in [2.45, 2.75) is 31.8 Å². The number of benzene rings is 1. The van der Waals surface area contributed by atoms with Crippen molar-refractivity contribution in [3.8, 4) is 0 Å². The van der Waals surface area contributed by atoms with Crippen LogP contribution in [-0.2, 0) is 9.47 Å². The first kappa shape index (κ1) is 10.6. The van der Waals surface area contributed by atoms with E-state index in [1.807, 2.05) is 44.2 Å². The molecular weight excluding hydrogens is 192 g/mol. The lowest BCUT2D eigenvalue weighted by molar-refractivity contribution is -0.149. The lowest BCUT2D eigenvalue weighted by Crippen LogP contribution is -2.23. The molecule has 0 radical (unpaired) electrons. The molecule has 1 aromatic carbocycles. The van der Waals surface area contributed by atoms with Crippen LogP contribution in [-0.4, -0.2) is 23.6 Å². The molecule has 1 aliphatic heterocycles. The maximum absolute atomic E-state index is 9.22. The standard InChI is InChI=1S/C12H16O3/c1-12(2)14-10(8-13)11(15-12)9-6-4-3-5-7-9/h3-7,10-11,13H,8H2,1-2H3/t10?,11-/m1/s1. The van der Waals surface area contributed by atoms with Gasteiger partial charge in [-0.3, -0.25) is 0 Å². The zero-order chi connectivity index (χ0) is 10.9. The maximum Gasteiger partial charge on any atom is 0.164 e. The van der Waals surface area contributed by atoms with Crippen LogP contribution in [0.15, 0.2) is 30.3 Å². The number of aliphatic hydroxyl groups excluding tert-OH is 1. The van der Waals surface area contributed by atoms with Gasteiger partial charge in [0.2, 0.25) is 0 Å². The molecule has 15 heavy (non-hydrogen) atoms. The minimum absolute atomic E-state index is 0.0248. The highest BCUT2D eigenvalue weighted by molar-refractivity contribution is 5.19. The van der Waals surface area contributed by atoms with Gasteiger partial charge in [0.05, 0.1) is 6.61 Å². The van der Waals surface area contributed by atoms with Crippen LogP contribution in [0.2, 0.25) is 0 Å². The largest absolute Gasteiger partial charge is 0.394 e. The van der Waals surface area contributed by atoms with Gasteiger partial charge in [0.15, 0.2) is 5.79 Å². The molecule has 1 saturated heterocycles. The molecule has 2 atom stereocenters. The van der Waals surface area contributed by atoms with E-state index in [2.05, 4.69) is 0 Å². The molecule has 3 nitrogen and oxygen atoms in total. The van der Waals surface area contributed by atoms with Crippen molar-refractivity contribution < 1.29 is 14.6 Å². The van der Waals surface area contributed by atoms with Gasteiger partial charge in [-0.05, 0) is 19.4 Å². The fourth-order valence-electron chi connectivity index (χ4n) is 1.89. The molecule has 2 rings (SSSR count). The number of rotatable bonds is 2. The Balaban J connectivity index is 2.22. The van der Waals surface area contributed by atoms with Crippen LogP contribution in [0.4, 0.5) is 0 Å². The van der Waals surface area contributed by atoms with Gasteiger partial charge in [-0.15, -0.1) is 0 Å². The second-order valence-electron chi connectivity index (χ2n) is 4.19.